The molecule has 0 bridgehead atoms. The van der Waals surface area contributed by atoms with Crippen LogP contribution in [0.25, 0.3) is 21.8 Å². The fraction of sp³-hybridized carbons (Fsp3) is 0.207. The van der Waals surface area contributed by atoms with E-state index in [4.69, 9.17) is 4.98 Å². The van der Waals surface area contributed by atoms with E-state index in [0.717, 1.165) is 24.3 Å². The minimum atomic E-state index is 0.818. The fourth-order valence-electron chi connectivity index (χ4n) is 4.75. The van der Waals surface area contributed by atoms with Gasteiger partial charge in [-0.25, -0.2) is 4.98 Å². The van der Waals surface area contributed by atoms with Gasteiger partial charge in [0.1, 0.15) is 5.82 Å². The minimum Gasteiger partial charge on any atom is -0.323 e. The Hall–Kier alpha value is -3.39. The molecule has 1 heterocycles. The first kappa shape index (κ1) is 19.6. The number of hydrogen-bond donors (Lipinski definition) is 0. The molecule has 0 aliphatic heterocycles. The number of aryl methyl sites for hydroxylation is 2. The molecule has 0 amide bonds. The maximum absolute atomic E-state index is 5.08. The third kappa shape index (κ3) is 3.42. The molecule has 1 aromatic heterocycles. The third-order valence-electron chi connectivity index (χ3n) is 6.80. The van der Waals surface area contributed by atoms with Crippen LogP contribution in [0.1, 0.15) is 39.2 Å². The topological polar surface area (TPSA) is 17.8 Å². The van der Waals surface area contributed by atoms with E-state index in [1.807, 2.05) is 0 Å². The van der Waals surface area contributed by atoms with Crippen molar-refractivity contribution in [1.29, 1.82) is 0 Å². The molecule has 2 heteroatoms. The molecule has 2 nitrogen and oxygen atoms in total. The molecule has 31 heavy (non-hydrogen) atoms. The van der Waals surface area contributed by atoms with Gasteiger partial charge in [-0.3, -0.25) is 0 Å². The van der Waals surface area contributed by atoms with E-state index in [2.05, 4.69) is 105 Å². The van der Waals surface area contributed by atoms with E-state index >= 15 is 0 Å². The van der Waals surface area contributed by atoms with Gasteiger partial charge < -0.3 is 4.57 Å². The molecule has 0 spiro atoms. The molecule has 0 unspecified atom stereocenters. The zero-order valence-electron chi connectivity index (χ0n) is 18.7. The minimum absolute atomic E-state index is 0.818. The van der Waals surface area contributed by atoms with Crippen LogP contribution in [-0.4, -0.2) is 9.55 Å². The fourth-order valence-corrected chi connectivity index (χ4v) is 4.75. The summed E-state index contributed by atoms with van der Waals surface area (Å²) in [5.74, 6) is 1.12. The molecule has 5 rings (SSSR count). The predicted octanol–water partition coefficient (Wildman–Crippen LogP) is 7.06. The largest absolute Gasteiger partial charge is 0.323 e. The van der Waals surface area contributed by atoms with Crippen LogP contribution in [-0.2, 0) is 13.0 Å². The van der Waals surface area contributed by atoms with Crippen molar-refractivity contribution in [2.75, 3.05) is 0 Å². The van der Waals surface area contributed by atoms with Crippen LogP contribution in [0.5, 0.6) is 0 Å². The van der Waals surface area contributed by atoms with Gasteiger partial charge in [0.15, 0.2) is 0 Å². The van der Waals surface area contributed by atoms with Gasteiger partial charge in [0.2, 0.25) is 0 Å². The average Bonchev–Trinajstić information content (AvgIpc) is 3.12. The summed E-state index contributed by atoms with van der Waals surface area (Å²) in [4.78, 5) is 5.08. The summed E-state index contributed by atoms with van der Waals surface area (Å²) < 4.78 is 2.42. The maximum Gasteiger partial charge on any atom is 0.114 e. The molecule has 0 atom stereocenters. The van der Waals surface area contributed by atoms with Crippen molar-refractivity contribution in [1.82, 2.24) is 9.55 Å². The van der Waals surface area contributed by atoms with Gasteiger partial charge in [0.25, 0.3) is 0 Å². The van der Waals surface area contributed by atoms with Crippen molar-refractivity contribution in [3.8, 4) is 0 Å². The zero-order valence-corrected chi connectivity index (χ0v) is 18.7. The maximum atomic E-state index is 5.08. The lowest BCUT2D eigenvalue weighted by molar-refractivity contribution is 0.754. The molecule has 5 aromatic rings. The van der Waals surface area contributed by atoms with Crippen LogP contribution < -0.4 is 0 Å². The van der Waals surface area contributed by atoms with Crippen LogP contribution in [0, 0.1) is 27.7 Å². The normalized spacial score (nSPS) is 11.5. The number of aromatic nitrogens is 2. The number of para-hydroxylation sites is 2. The second-order valence-corrected chi connectivity index (χ2v) is 8.66. The molecular formula is C29H28N2. The number of rotatable bonds is 4. The van der Waals surface area contributed by atoms with Crippen LogP contribution in [0.2, 0.25) is 0 Å². The molecule has 0 fully saturated rings. The summed E-state index contributed by atoms with van der Waals surface area (Å²) in [6, 6.07) is 26.0. The average molecular weight is 405 g/mol. The highest BCUT2D eigenvalue weighted by molar-refractivity contribution is 5.86. The van der Waals surface area contributed by atoms with Gasteiger partial charge in [-0.05, 0) is 84.0 Å². The van der Waals surface area contributed by atoms with Crippen LogP contribution >= 0.6 is 0 Å². The van der Waals surface area contributed by atoms with Gasteiger partial charge in [-0.15, -0.1) is 0 Å². The van der Waals surface area contributed by atoms with Crippen LogP contribution in [0.15, 0.2) is 72.8 Å². The number of imidazole rings is 1. The molecule has 0 aliphatic carbocycles. The first-order valence-electron chi connectivity index (χ1n) is 11.0. The monoisotopic (exact) mass is 404 g/mol. The van der Waals surface area contributed by atoms with E-state index in [-0.39, 0.29) is 0 Å². The van der Waals surface area contributed by atoms with E-state index in [1.54, 1.807) is 0 Å². The number of fused-ring (bicyclic) bond motifs is 2. The van der Waals surface area contributed by atoms with Crippen molar-refractivity contribution >= 4 is 21.8 Å². The van der Waals surface area contributed by atoms with E-state index in [0.29, 0.717) is 0 Å². The quantitative estimate of drug-likeness (QED) is 0.313. The van der Waals surface area contributed by atoms with Gasteiger partial charge in [-0.2, -0.15) is 0 Å². The van der Waals surface area contributed by atoms with Crippen molar-refractivity contribution in [3.05, 3.63) is 112 Å². The lowest BCUT2D eigenvalue weighted by Crippen LogP contribution is -2.10. The second-order valence-electron chi connectivity index (χ2n) is 8.66. The molecule has 0 radical (unpaired) electrons. The first-order valence-corrected chi connectivity index (χ1v) is 11.0. The summed E-state index contributed by atoms with van der Waals surface area (Å²) >= 11 is 0. The Morgan fingerprint density at radius 3 is 2.23 bits per heavy atom. The molecule has 0 saturated heterocycles. The molecular weight excluding hydrogens is 376 g/mol. The number of hydrogen-bond acceptors (Lipinski definition) is 1. The smallest absolute Gasteiger partial charge is 0.114 e. The first-order chi connectivity index (χ1) is 15.0. The summed E-state index contributed by atoms with van der Waals surface area (Å²) in [5.41, 5.74) is 10.5. The van der Waals surface area contributed by atoms with E-state index in [9.17, 15) is 0 Å². The van der Waals surface area contributed by atoms with Crippen molar-refractivity contribution < 1.29 is 0 Å². The molecule has 0 N–H and O–H groups in total. The Morgan fingerprint density at radius 1 is 0.742 bits per heavy atom. The van der Waals surface area contributed by atoms with E-state index < -0.39 is 0 Å². The summed E-state index contributed by atoms with van der Waals surface area (Å²) in [6.07, 6.45) is 0.818. The molecule has 0 aliphatic rings. The third-order valence-corrected chi connectivity index (χ3v) is 6.80. The highest BCUT2D eigenvalue weighted by Crippen LogP contribution is 2.27. The SMILES string of the molecule is Cc1cc(C)c(C)c(Cn2c(Cc3cccc4ccccc34)nc3ccccc32)c1C. The Balaban J connectivity index is 1.67. The van der Waals surface area contributed by atoms with E-state index in [1.165, 1.54) is 49.7 Å². The summed E-state index contributed by atoms with van der Waals surface area (Å²) in [6.45, 7) is 9.78. The Morgan fingerprint density at radius 2 is 1.42 bits per heavy atom. The zero-order chi connectivity index (χ0) is 21.5. The van der Waals surface area contributed by atoms with Gasteiger partial charge in [0.05, 0.1) is 11.0 Å². The summed E-state index contributed by atoms with van der Waals surface area (Å²) in [5, 5.41) is 2.59. The highest BCUT2D eigenvalue weighted by atomic mass is 15.1. The van der Waals surface area contributed by atoms with Gasteiger partial charge in [-0.1, -0.05) is 60.7 Å². The lowest BCUT2D eigenvalue weighted by atomic mass is 9.94. The molecule has 4 aromatic carbocycles. The van der Waals surface area contributed by atoms with Crippen LogP contribution in [0.4, 0.5) is 0 Å². The Bertz CT molecular complexity index is 1390. The lowest BCUT2D eigenvalue weighted by Gasteiger charge is -2.18. The summed E-state index contributed by atoms with van der Waals surface area (Å²) in [7, 11) is 0. The number of nitrogens with zero attached hydrogens (tertiary/aromatic N) is 2. The van der Waals surface area contributed by atoms with Gasteiger partial charge >= 0.3 is 0 Å². The molecule has 0 saturated carbocycles. The van der Waals surface area contributed by atoms with Crippen molar-refractivity contribution in [3.63, 3.8) is 0 Å². The van der Waals surface area contributed by atoms with Crippen molar-refractivity contribution in [2.45, 2.75) is 40.7 Å². The van der Waals surface area contributed by atoms with Gasteiger partial charge in [0, 0.05) is 13.0 Å². The predicted molar refractivity (Wildman–Crippen MR) is 131 cm³/mol. The Kier molecular flexibility index (Phi) is 4.86. The highest BCUT2D eigenvalue weighted by Gasteiger charge is 2.16. The second kappa shape index (κ2) is 7.70. The Labute approximate surface area is 184 Å². The standard InChI is InChI=1S/C29H28N2/c1-19-16-20(2)22(4)26(21(19)3)18-31-28-15-8-7-14-27(28)30-29(31)17-24-12-9-11-23-10-5-6-13-25(23)24/h5-16H,17-18H2,1-4H3. The molecule has 154 valence electrons. The van der Waals surface area contributed by atoms with Crippen LogP contribution in [0.3, 0.4) is 0 Å². The number of benzene rings is 4. The van der Waals surface area contributed by atoms with Crippen molar-refractivity contribution in [2.24, 2.45) is 0 Å².